The molecule has 2 rings (SSSR count). The maximum Gasteiger partial charge on any atom is 0.323 e. The van der Waals surface area contributed by atoms with Crippen molar-refractivity contribution >= 4 is 28.5 Å². The summed E-state index contributed by atoms with van der Waals surface area (Å²) in [6.45, 7) is 1.85. The van der Waals surface area contributed by atoms with Crippen molar-refractivity contribution in [2.75, 3.05) is 0 Å². The lowest BCUT2D eigenvalue weighted by molar-refractivity contribution is -0.137. The molecule has 0 unspecified atom stereocenters. The second kappa shape index (κ2) is 3.59. The number of carbonyl (C=O) groups is 1. The predicted octanol–water partition coefficient (Wildman–Crippen LogP) is 2.69. The number of aromatic nitrogens is 1. The summed E-state index contributed by atoms with van der Waals surface area (Å²) in [4.78, 5) is 10.7. The van der Waals surface area contributed by atoms with Gasteiger partial charge >= 0.3 is 5.97 Å². The van der Waals surface area contributed by atoms with Gasteiger partial charge in [0, 0.05) is 11.2 Å². The van der Waals surface area contributed by atoms with E-state index in [4.69, 9.17) is 16.7 Å². The van der Waals surface area contributed by atoms with E-state index in [0.29, 0.717) is 5.02 Å². The van der Waals surface area contributed by atoms with Gasteiger partial charge < -0.3 is 9.67 Å². The van der Waals surface area contributed by atoms with E-state index in [1.54, 1.807) is 10.8 Å². The monoisotopic (exact) mass is 223 g/mol. The van der Waals surface area contributed by atoms with E-state index in [-0.39, 0.29) is 6.54 Å². The first-order valence-corrected chi connectivity index (χ1v) is 4.93. The summed E-state index contributed by atoms with van der Waals surface area (Å²) in [7, 11) is 0. The van der Waals surface area contributed by atoms with Crippen LogP contribution < -0.4 is 0 Å². The Balaban J connectivity index is 2.66. The van der Waals surface area contributed by atoms with Crippen LogP contribution >= 0.6 is 11.6 Å². The van der Waals surface area contributed by atoms with Crippen LogP contribution in [0.3, 0.4) is 0 Å². The number of hydrogen-bond donors (Lipinski definition) is 1. The number of halogens is 1. The number of aliphatic carboxylic acids is 1. The topological polar surface area (TPSA) is 42.2 Å². The molecule has 1 aromatic heterocycles. The molecule has 0 aliphatic heterocycles. The summed E-state index contributed by atoms with van der Waals surface area (Å²) in [5, 5.41) is 10.4. The quantitative estimate of drug-likeness (QED) is 0.851. The standard InChI is InChI=1S/C11H10ClNO2/c1-7-9(12)3-2-8-4-5-13(11(7)8)6-10(14)15/h2-5H,6H2,1H3,(H,14,15). The summed E-state index contributed by atoms with van der Waals surface area (Å²) < 4.78 is 1.69. The third kappa shape index (κ3) is 1.70. The van der Waals surface area contributed by atoms with Crippen LogP contribution in [0.4, 0.5) is 0 Å². The van der Waals surface area contributed by atoms with Crippen molar-refractivity contribution < 1.29 is 9.90 Å². The average Bonchev–Trinajstić information content (AvgIpc) is 2.55. The highest BCUT2D eigenvalue weighted by Gasteiger charge is 2.08. The molecule has 78 valence electrons. The van der Waals surface area contributed by atoms with Gasteiger partial charge in [0.05, 0.1) is 5.52 Å². The molecular formula is C11H10ClNO2. The van der Waals surface area contributed by atoms with Gasteiger partial charge in [0.15, 0.2) is 0 Å². The first kappa shape index (κ1) is 10.1. The minimum absolute atomic E-state index is 0.0370. The third-order valence-corrected chi connectivity index (χ3v) is 2.83. The summed E-state index contributed by atoms with van der Waals surface area (Å²) in [5.74, 6) is -0.855. The third-order valence-electron chi connectivity index (χ3n) is 2.42. The van der Waals surface area contributed by atoms with Crippen LogP contribution in [0.1, 0.15) is 5.56 Å². The number of aryl methyl sites for hydroxylation is 1. The summed E-state index contributed by atoms with van der Waals surface area (Å²) >= 11 is 5.99. The normalized spacial score (nSPS) is 10.8. The lowest BCUT2D eigenvalue weighted by atomic mass is 10.1. The molecule has 0 atom stereocenters. The smallest absolute Gasteiger partial charge is 0.323 e. The molecular weight excluding hydrogens is 214 g/mol. The van der Waals surface area contributed by atoms with Gasteiger partial charge in [0.2, 0.25) is 0 Å². The van der Waals surface area contributed by atoms with Crippen LogP contribution in [0.25, 0.3) is 10.9 Å². The molecule has 0 saturated carbocycles. The van der Waals surface area contributed by atoms with E-state index in [0.717, 1.165) is 16.5 Å². The number of hydrogen-bond acceptors (Lipinski definition) is 1. The van der Waals surface area contributed by atoms with Crippen molar-refractivity contribution in [1.29, 1.82) is 0 Å². The molecule has 4 heteroatoms. The zero-order valence-electron chi connectivity index (χ0n) is 8.20. The van der Waals surface area contributed by atoms with Crippen LogP contribution in [0.5, 0.6) is 0 Å². The van der Waals surface area contributed by atoms with E-state index >= 15 is 0 Å². The fraction of sp³-hybridized carbons (Fsp3) is 0.182. The summed E-state index contributed by atoms with van der Waals surface area (Å²) in [5.41, 5.74) is 1.81. The van der Waals surface area contributed by atoms with Gasteiger partial charge in [-0.25, -0.2) is 0 Å². The molecule has 0 radical (unpaired) electrons. The van der Waals surface area contributed by atoms with Crippen LogP contribution in [-0.2, 0) is 11.3 Å². The van der Waals surface area contributed by atoms with Crippen molar-refractivity contribution in [3.63, 3.8) is 0 Å². The van der Waals surface area contributed by atoms with Gasteiger partial charge in [-0.15, -0.1) is 0 Å². The van der Waals surface area contributed by atoms with Crippen molar-refractivity contribution in [2.24, 2.45) is 0 Å². The lowest BCUT2D eigenvalue weighted by Crippen LogP contribution is -2.07. The van der Waals surface area contributed by atoms with E-state index < -0.39 is 5.97 Å². The summed E-state index contributed by atoms with van der Waals surface area (Å²) in [6.07, 6.45) is 1.77. The fourth-order valence-corrected chi connectivity index (χ4v) is 1.89. The van der Waals surface area contributed by atoms with Crippen molar-refractivity contribution in [1.82, 2.24) is 4.57 Å². The fourth-order valence-electron chi connectivity index (χ4n) is 1.73. The Kier molecular flexibility index (Phi) is 2.40. The zero-order chi connectivity index (χ0) is 11.0. The molecule has 1 N–H and O–H groups in total. The molecule has 15 heavy (non-hydrogen) atoms. The van der Waals surface area contributed by atoms with E-state index in [9.17, 15) is 4.79 Å². The van der Waals surface area contributed by atoms with Crippen molar-refractivity contribution in [2.45, 2.75) is 13.5 Å². The molecule has 3 nitrogen and oxygen atoms in total. The van der Waals surface area contributed by atoms with Gasteiger partial charge in [-0.2, -0.15) is 0 Å². The molecule has 2 aromatic rings. The van der Waals surface area contributed by atoms with Gasteiger partial charge in [0.25, 0.3) is 0 Å². The molecule has 0 bridgehead atoms. The molecule has 0 aliphatic carbocycles. The Morgan fingerprint density at radius 3 is 2.87 bits per heavy atom. The second-order valence-electron chi connectivity index (χ2n) is 3.45. The molecule has 0 spiro atoms. The largest absolute Gasteiger partial charge is 0.480 e. The molecule has 1 heterocycles. The number of nitrogens with zero attached hydrogens (tertiary/aromatic N) is 1. The molecule has 1 aromatic carbocycles. The Labute approximate surface area is 91.9 Å². The van der Waals surface area contributed by atoms with Crippen LogP contribution in [-0.4, -0.2) is 15.6 Å². The Morgan fingerprint density at radius 2 is 2.20 bits per heavy atom. The number of benzene rings is 1. The number of rotatable bonds is 2. The summed E-state index contributed by atoms with van der Waals surface area (Å²) in [6, 6.07) is 5.61. The lowest BCUT2D eigenvalue weighted by Gasteiger charge is -2.05. The van der Waals surface area contributed by atoms with Gasteiger partial charge in [-0.1, -0.05) is 17.7 Å². The van der Waals surface area contributed by atoms with E-state index in [1.807, 2.05) is 25.1 Å². The van der Waals surface area contributed by atoms with Crippen molar-refractivity contribution in [3.05, 3.63) is 35.0 Å². The zero-order valence-corrected chi connectivity index (χ0v) is 8.95. The van der Waals surface area contributed by atoms with Gasteiger partial charge in [0.1, 0.15) is 6.54 Å². The predicted molar refractivity (Wildman–Crippen MR) is 59.3 cm³/mol. The van der Waals surface area contributed by atoms with Crippen molar-refractivity contribution in [3.8, 4) is 0 Å². The number of carboxylic acid groups (broad SMARTS) is 1. The van der Waals surface area contributed by atoms with Gasteiger partial charge in [-0.05, 0) is 30.0 Å². The molecule has 0 saturated heterocycles. The second-order valence-corrected chi connectivity index (χ2v) is 3.85. The Hall–Kier alpha value is -1.48. The Morgan fingerprint density at radius 1 is 1.47 bits per heavy atom. The van der Waals surface area contributed by atoms with Gasteiger partial charge in [-0.3, -0.25) is 4.79 Å². The SMILES string of the molecule is Cc1c(Cl)ccc2ccn(CC(=O)O)c12. The maximum absolute atomic E-state index is 10.7. The van der Waals surface area contributed by atoms with Crippen LogP contribution in [0.2, 0.25) is 5.02 Å². The Bertz CT molecular complexity index is 531. The maximum atomic E-state index is 10.7. The van der Waals surface area contributed by atoms with Crippen LogP contribution in [0.15, 0.2) is 24.4 Å². The van der Waals surface area contributed by atoms with Crippen LogP contribution in [0, 0.1) is 6.92 Å². The highest BCUT2D eigenvalue weighted by Crippen LogP contribution is 2.26. The first-order valence-electron chi connectivity index (χ1n) is 4.55. The molecule has 0 amide bonds. The molecule has 0 aliphatic rings. The van der Waals surface area contributed by atoms with E-state index in [1.165, 1.54) is 0 Å². The number of fused-ring (bicyclic) bond motifs is 1. The highest BCUT2D eigenvalue weighted by molar-refractivity contribution is 6.32. The van der Waals surface area contributed by atoms with E-state index in [2.05, 4.69) is 0 Å². The average molecular weight is 224 g/mol. The molecule has 0 fully saturated rings. The minimum Gasteiger partial charge on any atom is -0.480 e. The minimum atomic E-state index is -0.855. The highest BCUT2D eigenvalue weighted by atomic mass is 35.5. The first-order chi connectivity index (χ1) is 7.09. The number of carboxylic acids is 1.